The third-order valence-electron chi connectivity index (χ3n) is 2.10. The molecule has 0 fully saturated rings. The maximum absolute atomic E-state index is 11.1. The Morgan fingerprint density at radius 2 is 1.95 bits per heavy atom. The van der Waals surface area contributed by atoms with Crippen LogP contribution in [0.3, 0.4) is 0 Å². The lowest BCUT2D eigenvalue weighted by Gasteiger charge is -2.01. The van der Waals surface area contributed by atoms with Crippen LogP contribution >= 0.6 is 11.6 Å². The molecular formula is C13H10ClN3O3. The number of rotatable bonds is 5. The molecule has 7 heteroatoms. The molecule has 1 aromatic carbocycles. The lowest BCUT2D eigenvalue weighted by Crippen LogP contribution is -2.16. The number of benzene rings is 1. The molecule has 0 aliphatic heterocycles. The highest BCUT2D eigenvalue weighted by atomic mass is 35.5. The summed E-state index contributed by atoms with van der Waals surface area (Å²) < 4.78 is 0. The van der Waals surface area contributed by atoms with Gasteiger partial charge in [-0.3, -0.25) is 10.2 Å². The number of para-hydroxylation sites is 1. The predicted octanol–water partition coefficient (Wildman–Crippen LogP) is 1.63. The van der Waals surface area contributed by atoms with Gasteiger partial charge in [-0.1, -0.05) is 29.8 Å². The second-order valence-electron chi connectivity index (χ2n) is 3.50. The summed E-state index contributed by atoms with van der Waals surface area (Å²) >= 11 is 5.81. The molecule has 0 aliphatic rings. The Morgan fingerprint density at radius 3 is 2.40 bits per heavy atom. The second-order valence-corrected chi connectivity index (χ2v) is 3.90. The van der Waals surface area contributed by atoms with Crippen molar-refractivity contribution < 1.29 is 14.7 Å². The first-order valence-corrected chi connectivity index (χ1v) is 5.67. The third kappa shape index (κ3) is 4.20. The lowest BCUT2D eigenvalue weighted by atomic mass is 10.2. The summed E-state index contributed by atoms with van der Waals surface area (Å²) in [5, 5.41) is 15.6. The van der Waals surface area contributed by atoms with Crippen molar-refractivity contribution in [1.82, 2.24) is 0 Å². The molecule has 0 saturated carbocycles. The number of carbonyl (C=O) groups excluding carboxylic acids is 1. The first kappa shape index (κ1) is 15.4. The zero-order valence-electron chi connectivity index (χ0n) is 10.1. The lowest BCUT2D eigenvalue weighted by molar-refractivity contribution is -0.129. The summed E-state index contributed by atoms with van der Waals surface area (Å²) in [4.78, 5) is 25.9. The van der Waals surface area contributed by atoms with Gasteiger partial charge in [0.2, 0.25) is 0 Å². The molecule has 102 valence electrons. The Hall–Kier alpha value is -2.69. The minimum Gasteiger partial charge on any atom is -0.476 e. The molecule has 6 nitrogen and oxygen atoms in total. The Balaban J connectivity index is 3.25. The summed E-state index contributed by atoms with van der Waals surface area (Å²) in [5.74, 6) is -0.540. The Morgan fingerprint density at radius 1 is 1.35 bits per heavy atom. The van der Waals surface area contributed by atoms with E-state index >= 15 is 0 Å². The largest absolute Gasteiger partial charge is 0.476 e. The van der Waals surface area contributed by atoms with E-state index in [0.29, 0.717) is 5.69 Å². The fraction of sp³-hybridized carbons (Fsp3) is 0. The first-order valence-electron chi connectivity index (χ1n) is 5.29. The van der Waals surface area contributed by atoms with Gasteiger partial charge in [-0.2, -0.15) is 0 Å². The maximum Gasteiger partial charge on any atom is 0.356 e. The maximum atomic E-state index is 11.1. The van der Waals surface area contributed by atoms with Crippen LogP contribution in [0.15, 0.2) is 52.0 Å². The van der Waals surface area contributed by atoms with Gasteiger partial charge in [0.15, 0.2) is 5.71 Å². The summed E-state index contributed by atoms with van der Waals surface area (Å²) in [7, 11) is 0. The van der Waals surface area contributed by atoms with Crippen LogP contribution in [0.4, 0.5) is 5.69 Å². The number of carboxylic acid groups (broad SMARTS) is 1. The van der Waals surface area contributed by atoms with E-state index in [2.05, 4.69) is 4.99 Å². The van der Waals surface area contributed by atoms with Crippen molar-refractivity contribution in [1.29, 1.82) is 5.41 Å². The molecule has 0 unspecified atom stereocenters. The third-order valence-corrected chi connectivity index (χ3v) is 2.39. The second kappa shape index (κ2) is 7.04. The minimum absolute atomic E-state index is 0.324. The average Bonchev–Trinajstić information content (AvgIpc) is 2.42. The van der Waals surface area contributed by atoms with Gasteiger partial charge in [-0.25, -0.2) is 9.79 Å². The number of carboxylic acids is 1. The van der Waals surface area contributed by atoms with Gasteiger partial charge in [0.25, 0.3) is 5.91 Å². The molecular weight excluding hydrogens is 282 g/mol. The van der Waals surface area contributed by atoms with E-state index in [9.17, 15) is 9.59 Å². The molecule has 0 atom stereocenters. The molecule has 1 rings (SSSR count). The zero-order chi connectivity index (χ0) is 15.1. The van der Waals surface area contributed by atoms with E-state index < -0.39 is 17.6 Å². The molecule has 0 saturated heterocycles. The molecule has 0 heterocycles. The Bertz CT molecular complexity index is 644. The van der Waals surface area contributed by atoms with Crippen molar-refractivity contribution in [2.45, 2.75) is 0 Å². The van der Waals surface area contributed by atoms with Crippen molar-refractivity contribution >= 4 is 40.7 Å². The average molecular weight is 292 g/mol. The smallest absolute Gasteiger partial charge is 0.356 e. The molecule has 0 radical (unpaired) electrons. The summed E-state index contributed by atoms with van der Waals surface area (Å²) in [6, 6.07) is 8.30. The van der Waals surface area contributed by atoms with Crippen molar-refractivity contribution in [2.75, 3.05) is 0 Å². The Labute approximate surface area is 119 Å². The van der Waals surface area contributed by atoms with Gasteiger partial charge in [0.05, 0.1) is 10.7 Å². The van der Waals surface area contributed by atoms with Gasteiger partial charge < -0.3 is 10.8 Å². The quantitative estimate of drug-likeness (QED) is 0.435. The van der Waals surface area contributed by atoms with Crippen LogP contribution in [-0.4, -0.2) is 28.6 Å². The number of aliphatic imine (C=N–C) groups is 1. The molecule has 1 amide bonds. The zero-order valence-corrected chi connectivity index (χ0v) is 10.9. The van der Waals surface area contributed by atoms with Crippen LogP contribution in [0.25, 0.3) is 0 Å². The number of hydrogen-bond donors (Lipinski definition) is 3. The first-order chi connectivity index (χ1) is 9.45. The number of nitrogens with two attached hydrogens (primary N) is 1. The van der Waals surface area contributed by atoms with E-state index in [1.165, 1.54) is 0 Å². The molecule has 4 N–H and O–H groups in total. The summed E-state index contributed by atoms with van der Waals surface area (Å²) in [6.07, 6.45) is 0.937. The summed E-state index contributed by atoms with van der Waals surface area (Å²) in [5.41, 5.74) is 4.54. The van der Waals surface area contributed by atoms with Gasteiger partial charge in [-0.15, -0.1) is 0 Å². The number of halogens is 1. The van der Waals surface area contributed by atoms with E-state index in [4.69, 9.17) is 27.9 Å². The number of amides is 1. The molecule has 0 spiro atoms. The number of primary amides is 1. The van der Waals surface area contributed by atoms with Crippen LogP contribution in [0.1, 0.15) is 0 Å². The number of nitrogens with zero attached hydrogens (tertiary/aromatic N) is 1. The number of aliphatic carboxylic acids is 1. The van der Waals surface area contributed by atoms with E-state index in [0.717, 1.165) is 6.08 Å². The molecule has 0 aliphatic carbocycles. The van der Waals surface area contributed by atoms with Crippen LogP contribution in [-0.2, 0) is 9.59 Å². The fourth-order valence-corrected chi connectivity index (χ4v) is 1.43. The fourth-order valence-electron chi connectivity index (χ4n) is 1.20. The van der Waals surface area contributed by atoms with Crippen molar-refractivity contribution in [3.8, 4) is 0 Å². The van der Waals surface area contributed by atoms with Crippen molar-refractivity contribution in [3.05, 3.63) is 47.0 Å². The van der Waals surface area contributed by atoms with Gasteiger partial charge >= 0.3 is 5.97 Å². The van der Waals surface area contributed by atoms with Crippen LogP contribution in [0.2, 0.25) is 0 Å². The predicted molar refractivity (Wildman–Crippen MR) is 75.5 cm³/mol. The van der Waals surface area contributed by atoms with Gasteiger partial charge in [-0.05, 0) is 24.1 Å². The molecule has 0 bridgehead atoms. The number of hydrogen-bond acceptors (Lipinski definition) is 4. The molecule has 20 heavy (non-hydrogen) atoms. The van der Waals surface area contributed by atoms with E-state index in [1.807, 2.05) is 0 Å². The normalized spacial score (nSPS) is 11.7. The van der Waals surface area contributed by atoms with Crippen LogP contribution in [0.5, 0.6) is 0 Å². The highest BCUT2D eigenvalue weighted by Crippen LogP contribution is 2.16. The van der Waals surface area contributed by atoms with Crippen molar-refractivity contribution in [2.24, 2.45) is 10.7 Å². The standard InChI is InChI=1S/C13H10ClN3O3/c14-10(6-8(7-15)12(16)18)11(13(19)20)17-9-4-2-1-3-5-9/h1-6,15H,(H2,16,18)(H,19,20). The Kier molecular flexibility index (Phi) is 5.41. The molecule has 0 aromatic heterocycles. The highest BCUT2D eigenvalue weighted by Gasteiger charge is 2.15. The summed E-state index contributed by atoms with van der Waals surface area (Å²) in [6.45, 7) is 0. The minimum atomic E-state index is -1.37. The van der Waals surface area contributed by atoms with E-state index in [-0.39, 0.29) is 10.6 Å². The molecule has 1 aromatic rings. The van der Waals surface area contributed by atoms with Gasteiger partial charge in [0.1, 0.15) is 5.57 Å². The number of carbonyl (C=O) groups is 2. The topological polar surface area (TPSA) is 117 Å². The SMILES string of the molecule is N=C=C(C=C(Cl)C(=Nc1ccccc1)C(=O)O)C(N)=O. The van der Waals surface area contributed by atoms with E-state index in [1.54, 1.807) is 36.2 Å². The van der Waals surface area contributed by atoms with Gasteiger partial charge in [0, 0.05) is 0 Å². The van der Waals surface area contributed by atoms with Crippen LogP contribution < -0.4 is 5.73 Å². The highest BCUT2D eigenvalue weighted by molar-refractivity contribution is 6.58. The number of nitrogens with one attached hydrogen (secondary N) is 1. The van der Waals surface area contributed by atoms with Crippen LogP contribution in [0, 0.1) is 5.41 Å². The monoisotopic (exact) mass is 291 g/mol. The van der Waals surface area contributed by atoms with Crippen molar-refractivity contribution in [3.63, 3.8) is 0 Å².